The van der Waals surface area contributed by atoms with Gasteiger partial charge in [0, 0.05) is 6.04 Å². The van der Waals surface area contributed by atoms with Crippen molar-refractivity contribution in [3.63, 3.8) is 0 Å². The van der Waals surface area contributed by atoms with Crippen LogP contribution in [0.3, 0.4) is 0 Å². The normalized spacial score (nSPS) is 15.7. The van der Waals surface area contributed by atoms with E-state index in [2.05, 4.69) is 10.6 Å². The first kappa shape index (κ1) is 16.6. The molecule has 0 aliphatic carbocycles. The molecule has 1 saturated heterocycles. The third-order valence-corrected chi connectivity index (χ3v) is 3.79. The molecule has 3 nitrogen and oxygen atoms in total. The summed E-state index contributed by atoms with van der Waals surface area (Å²) in [4.78, 5) is 11.9. The van der Waals surface area contributed by atoms with Crippen molar-refractivity contribution >= 4 is 41.5 Å². The molecule has 0 aromatic heterocycles. The van der Waals surface area contributed by atoms with Gasteiger partial charge in [-0.05, 0) is 43.6 Å². The molecule has 2 rings (SSSR count). The van der Waals surface area contributed by atoms with Gasteiger partial charge in [-0.1, -0.05) is 29.3 Å². The van der Waals surface area contributed by atoms with Gasteiger partial charge in [-0.3, -0.25) is 4.79 Å². The lowest BCUT2D eigenvalue weighted by atomic mass is 10.1. The van der Waals surface area contributed by atoms with Crippen LogP contribution in [0.5, 0.6) is 0 Å². The van der Waals surface area contributed by atoms with Gasteiger partial charge in [0.25, 0.3) is 0 Å². The van der Waals surface area contributed by atoms with Crippen LogP contribution in [-0.2, 0) is 11.2 Å². The van der Waals surface area contributed by atoms with Gasteiger partial charge in [0.2, 0.25) is 5.91 Å². The summed E-state index contributed by atoms with van der Waals surface area (Å²) >= 11 is 11.8. The van der Waals surface area contributed by atoms with Gasteiger partial charge in [-0.25, -0.2) is 0 Å². The number of rotatable bonds is 3. The number of nitrogens with one attached hydrogen (secondary N) is 2. The maximum absolute atomic E-state index is 11.9. The van der Waals surface area contributed by atoms with Gasteiger partial charge in [0.15, 0.2) is 0 Å². The lowest BCUT2D eigenvalue weighted by Gasteiger charge is -2.23. The van der Waals surface area contributed by atoms with Gasteiger partial charge in [0.05, 0.1) is 16.5 Å². The highest BCUT2D eigenvalue weighted by atomic mass is 35.5. The van der Waals surface area contributed by atoms with Crippen LogP contribution >= 0.6 is 35.6 Å². The van der Waals surface area contributed by atoms with E-state index in [-0.39, 0.29) is 18.3 Å². The smallest absolute Gasteiger partial charge is 0.224 e. The van der Waals surface area contributed by atoms with E-state index in [0.717, 1.165) is 31.5 Å². The van der Waals surface area contributed by atoms with Gasteiger partial charge < -0.3 is 10.6 Å². The number of carbonyl (C=O) groups is 1. The van der Waals surface area contributed by atoms with E-state index < -0.39 is 0 Å². The predicted octanol–water partition coefficient (Wildman–Crippen LogP) is 2.83. The lowest BCUT2D eigenvalue weighted by molar-refractivity contribution is -0.121. The van der Waals surface area contributed by atoms with E-state index in [9.17, 15) is 4.79 Å². The number of piperidine rings is 1. The first-order valence-corrected chi connectivity index (χ1v) is 6.85. The Morgan fingerprint density at radius 3 is 2.58 bits per heavy atom. The second kappa shape index (κ2) is 7.95. The molecule has 0 atom stereocenters. The van der Waals surface area contributed by atoms with Crippen LogP contribution in [0.15, 0.2) is 18.2 Å². The molecule has 0 saturated carbocycles. The number of benzene rings is 1. The number of hydrogen-bond acceptors (Lipinski definition) is 2. The standard InChI is InChI=1S/C13H16Cl2N2O.ClH/c14-11-2-1-9(7-12(11)15)8-13(18)17-10-3-5-16-6-4-10;/h1-2,7,10,16H,3-6,8H2,(H,17,18);1H. The van der Waals surface area contributed by atoms with Gasteiger partial charge >= 0.3 is 0 Å². The van der Waals surface area contributed by atoms with Gasteiger partial charge in [-0.2, -0.15) is 0 Å². The topological polar surface area (TPSA) is 41.1 Å². The van der Waals surface area contributed by atoms with E-state index in [0.29, 0.717) is 22.5 Å². The summed E-state index contributed by atoms with van der Waals surface area (Å²) in [5, 5.41) is 7.32. The first-order valence-electron chi connectivity index (χ1n) is 6.09. The van der Waals surface area contributed by atoms with E-state index >= 15 is 0 Å². The molecule has 1 amide bonds. The zero-order valence-electron chi connectivity index (χ0n) is 10.4. The predicted molar refractivity (Wildman–Crippen MR) is 81.4 cm³/mol. The molecule has 0 unspecified atom stereocenters. The van der Waals surface area contributed by atoms with E-state index in [4.69, 9.17) is 23.2 Å². The Bertz CT molecular complexity index is 434. The number of amides is 1. The highest BCUT2D eigenvalue weighted by molar-refractivity contribution is 6.42. The maximum Gasteiger partial charge on any atom is 0.224 e. The fourth-order valence-corrected chi connectivity index (χ4v) is 2.40. The zero-order chi connectivity index (χ0) is 13.0. The van der Waals surface area contributed by atoms with Crippen LogP contribution < -0.4 is 10.6 Å². The molecule has 1 aromatic rings. The minimum Gasteiger partial charge on any atom is -0.353 e. The fraction of sp³-hybridized carbons (Fsp3) is 0.462. The Morgan fingerprint density at radius 2 is 1.95 bits per heavy atom. The maximum atomic E-state index is 11.9. The van der Waals surface area contributed by atoms with E-state index in [1.807, 2.05) is 6.07 Å². The monoisotopic (exact) mass is 322 g/mol. The molecule has 1 aliphatic heterocycles. The van der Waals surface area contributed by atoms with Crippen LogP contribution in [0.2, 0.25) is 10.0 Å². The van der Waals surface area contributed by atoms with Crippen LogP contribution in [-0.4, -0.2) is 25.0 Å². The molecule has 0 radical (unpaired) electrons. The summed E-state index contributed by atoms with van der Waals surface area (Å²) in [6.45, 7) is 1.94. The first-order chi connectivity index (χ1) is 8.65. The SMILES string of the molecule is Cl.O=C(Cc1ccc(Cl)c(Cl)c1)NC1CCNCC1. The molecule has 1 aliphatic rings. The summed E-state index contributed by atoms with van der Waals surface area (Å²) in [6.07, 6.45) is 2.33. The van der Waals surface area contributed by atoms with Crippen LogP contribution in [0.1, 0.15) is 18.4 Å². The number of carbonyl (C=O) groups excluding carboxylic acids is 1. The van der Waals surface area contributed by atoms with Crippen molar-refractivity contribution in [2.75, 3.05) is 13.1 Å². The fourth-order valence-electron chi connectivity index (χ4n) is 2.08. The summed E-state index contributed by atoms with van der Waals surface area (Å²) in [6, 6.07) is 5.58. The molecular formula is C13H17Cl3N2O. The third-order valence-electron chi connectivity index (χ3n) is 3.05. The largest absolute Gasteiger partial charge is 0.353 e. The zero-order valence-corrected chi connectivity index (χ0v) is 12.7. The Kier molecular flexibility index (Phi) is 6.94. The minimum absolute atomic E-state index is 0. The summed E-state index contributed by atoms with van der Waals surface area (Å²) < 4.78 is 0. The second-order valence-electron chi connectivity index (χ2n) is 4.52. The number of hydrogen-bond donors (Lipinski definition) is 2. The van der Waals surface area contributed by atoms with Crippen molar-refractivity contribution < 1.29 is 4.79 Å². The lowest BCUT2D eigenvalue weighted by Crippen LogP contribution is -2.43. The molecular weight excluding hydrogens is 307 g/mol. The molecule has 0 spiro atoms. The molecule has 19 heavy (non-hydrogen) atoms. The van der Waals surface area contributed by atoms with Crippen molar-refractivity contribution in [1.82, 2.24) is 10.6 Å². The molecule has 6 heteroatoms. The molecule has 1 fully saturated rings. The van der Waals surface area contributed by atoms with Crippen molar-refractivity contribution in [3.05, 3.63) is 33.8 Å². The van der Waals surface area contributed by atoms with Crippen molar-refractivity contribution in [2.24, 2.45) is 0 Å². The molecule has 1 aromatic carbocycles. The second-order valence-corrected chi connectivity index (χ2v) is 5.33. The Hall–Kier alpha value is -0.480. The average Bonchev–Trinajstić information content (AvgIpc) is 2.35. The minimum atomic E-state index is 0. The summed E-state index contributed by atoms with van der Waals surface area (Å²) in [5.74, 6) is 0.0419. The molecule has 106 valence electrons. The van der Waals surface area contributed by atoms with Crippen LogP contribution in [0.4, 0.5) is 0 Å². The van der Waals surface area contributed by atoms with Crippen molar-refractivity contribution in [1.29, 1.82) is 0 Å². The van der Waals surface area contributed by atoms with Crippen molar-refractivity contribution in [2.45, 2.75) is 25.3 Å². The average molecular weight is 324 g/mol. The molecule has 0 bridgehead atoms. The van der Waals surface area contributed by atoms with E-state index in [1.54, 1.807) is 12.1 Å². The quantitative estimate of drug-likeness (QED) is 0.898. The Morgan fingerprint density at radius 1 is 1.26 bits per heavy atom. The summed E-state index contributed by atoms with van der Waals surface area (Å²) in [5.41, 5.74) is 0.885. The Balaban J connectivity index is 0.00000180. The van der Waals surface area contributed by atoms with Gasteiger partial charge in [0.1, 0.15) is 0 Å². The van der Waals surface area contributed by atoms with Crippen molar-refractivity contribution in [3.8, 4) is 0 Å². The number of halogens is 3. The third kappa shape index (κ3) is 5.19. The Labute approximate surface area is 129 Å². The highest BCUT2D eigenvalue weighted by Crippen LogP contribution is 2.22. The highest BCUT2D eigenvalue weighted by Gasteiger charge is 2.15. The van der Waals surface area contributed by atoms with E-state index in [1.165, 1.54) is 0 Å². The van der Waals surface area contributed by atoms with Gasteiger partial charge in [-0.15, -0.1) is 12.4 Å². The van der Waals surface area contributed by atoms with Crippen LogP contribution in [0.25, 0.3) is 0 Å². The van der Waals surface area contributed by atoms with Crippen LogP contribution in [0, 0.1) is 0 Å². The molecule has 2 N–H and O–H groups in total. The molecule has 1 heterocycles. The summed E-state index contributed by atoms with van der Waals surface area (Å²) in [7, 11) is 0.